The van der Waals surface area contributed by atoms with Crippen LogP contribution in [0.25, 0.3) is 0 Å². The zero-order valence-electron chi connectivity index (χ0n) is 27.8. The van der Waals surface area contributed by atoms with Crippen LogP contribution in [0.15, 0.2) is 89.9 Å². The molecule has 0 saturated carbocycles. The number of carbonyl (C=O) groups is 4. The van der Waals surface area contributed by atoms with Crippen molar-refractivity contribution in [3.8, 4) is 0 Å². The van der Waals surface area contributed by atoms with Gasteiger partial charge in [0, 0.05) is 26.2 Å². The Kier molecular flexibility index (Phi) is 16.6. The first kappa shape index (κ1) is 38.0. The molecule has 3 rings (SSSR count). The molecule has 11 N–H and O–H groups in total. The summed E-state index contributed by atoms with van der Waals surface area (Å²) >= 11 is 0. The fraction of sp³-hybridized carbons (Fsp3) is 0.361. The van der Waals surface area contributed by atoms with Gasteiger partial charge in [0.05, 0.1) is 5.92 Å². The Morgan fingerprint density at radius 1 is 0.653 bits per heavy atom. The van der Waals surface area contributed by atoms with Gasteiger partial charge in [0.15, 0.2) is 5.96 Å². The number of urea groups is 2. The van der Waals surface area contributed by atoms with Gasteiger partial charge < -0.3 is 38.5 Å². The molecule has 0 heterocycles. The number of nitrogens with zero attached hydrogens (tertiary/aromatic N) is 1. The Labute approximate surface area is 287 Å². The first-order valence-electron chi connectivity index (χ1n) is 16.6. The lowest BCUT2D eigenvalue weighted by Gasteiger charge is -2.23. The maximum atomic E-state index is 13.9. The van der Waals surface area contributed by atoms with Gasteiger partial charge in [0.1, 0.15) is 6.04 Å². The SMILES string of the molecule is NCCCCCCNC(=O)NC(N)=NCCC[C@@H](NC(=O)C(c1ccccc1)c1ccccc1)C(=O)NCc1ccc(CNC(N)=O)cc1. The van der Waals surface area contributed by atoms with Crippen molar-refractivity contribution in [3.63, 3.8) is 0 Å². The molecule has 0 aliphatic carbocycles. The number of hydrogen-bond donors (Lipinski definition) is 8. The van der Waals surface area contributed by atoms with Crippen LogP contribution in [0.3, 0.4) is 0 Å². The van der Waals surface area contributed by atoms with Crippen molar-refractivity contribution in [1.29, 1.82) is 0 Å². The molecule has 0 radical (unpaired) electrons. The molecule has 13 nitrogen and oxygen atoms in total. The van der Waals surface area contributed by atoms with Crippen LogP contribution >= 0.6 is 0 Å². The smallest absolute Gasteiger partial charge is 0.321 e. The van der Waals surface area contributed by atoms with Gasteiger partial charge in [0.2, 0.25) is 11.8 Å². The van der Waals surface area contributed by atoms with Crippen LogP contribution in [0.4, 0.5) is 9.59 Å². The molecule has 6 amide bonds. The molecule has 49 heavy (non-hydrogen) atoms. The van der Waals surface area contributed by atoms with E-state index in [9.17, 15) is 19.2 Å². The zero-order valence-corrected chi connectivity index (χ0v) is 27.8. The topological polar surface area (TPSA) is 219 Å². The fourth-order valence-corrected chi connectivity index (χ4v) is 5.11. The largest absolute Gasteiger partial charge is 0.370 e. The summed E-state index contributed by atoms with van der Waals surface area (Å²) in [7, 11) is 0. The average Bonchev–Trinajstić information content (AvgIpc) is 3.10. The number of amides is 6. The molecule has 0 spiro atoms. The molecule has 0 aliphatic rings. The first-order chi connectivity index (χ1) is 23.8. The Balaban J connectivity index is 1.64. The van der Waals surface area contributed by atoms with Crippen molar-refractivity contribution < 1.29 is 19.2 Å². The van der Waals surface area contributed by atoms with Crippen molar-refractivity contribution in [1.82, 2.24) is 26.6 Å². The average molecular weight is 672 g/mol. The summed E-state index contributed by atoms with van der Waals surface area (Å²) in [4.78, 5) is 54.8. The summed E-state index contributed by atoms with van der Waals surface area (Å²) in [5, 5.41) is 13.7. The predicted molar refractivity (Wildman–Crippen MR) is 191 cm³/mol. The van der Waals surface area contributed by atoms with Crippen molar-refractivity contribution >= 4 is 29.8 Å². The molecule has 3 aromatic rings. The lowest BCUT2D eigenvalue weighted by Crippen LogP contribution is -2.48. The lowest BCUT2D eigenvalue weighted by atomic mass is 9.90. The highest BCUT2D eigenvalue weighted by Crippen LogP contribution is 2.25. The van der Waals surface area contributed by atoms with Gasteiger partial charge in [-0.05, 0) is 54.5 Å². The third-order valence-electron chi connectivity index (χ3n) is 7.71. The molecule has 0 aliphatic heterocycles. The maximum Gasteiger partial charge on any atom is 0.321 e. The second-order valence-electron chi connectivity index (χ2n) is 11.6. The molecular weight excluding hydrogens is 622 g/mol. The number of primary amides is 1. The third kappa shape index (κ3) is 14.5. The lowest BCUT2D eigenvalue weighted by molar-refractivity contribution is -0.129. The molecule has 0 fully saturated rings. The highest BCUT2D eigenvalue weighted by atomic mass is 16.2. The molecule has 0 bridgehead atoms. The highest BCUT2D eigenvalue weighted by molar-refractivity contribution is 5.95. The van der Waals surface area contributed by atoms with Crippen molar-refractivity contribution in [3.05, 3.63) is 107 Å². The number of nitrogens with two attached hydrogens (primary N) is 3. The highest BCUT2D eigenvalue weighted by Gasteiger charge is 2.27. The van der Waals surface area contributed by atoms with Crippen LogP contribution in [0, 0.1) is 0 Å². The van der Waals surface area contributed by atoms with E-state index in [1.165, 1.54) is 0 Å². The Morgan fingerprint density at radius 3 is 1.80 bits per heavy atom. The van der Waals surface area contributed by atoms with Crippen LogP contribution in [-0.2, 0) is 22.7 Å². The monoisotopic (exact) mass is 671 g/mol. The van der Waals surface area contributed by atoms with Gasteiger partial charge in [-0.15, -0.1) is 0 Å². The maximum absolute atomic E-state index is 13.9. The van der Waals surface area contributed by atoms with E-state index in [0.717, 1.165) is 47.9 Å². The number of hydrogen-bond acceptors (Lipinski definition) is 6. The van der Waals surface area contributed by atoms with Gasteiger partial charge in [-0.1, -0.05) is 97.8 Å². The number of benzene rings is 3. The molecular formula is C36H49N9O4. The molecule has 1 atom stereocenters. The molecule has 0 saturated heterocycles. The Morgan fingerprint density at radius 2 is 1.22 bits per heavy atom. The van der Waals surface area contributed by atoms with Crippen molar-refractivity contribution in [2.45, 2.75) is 63.6 Å². The number of guanidine groups is 1. The summed E-state index contributed by atoms with van der Waals surface area (Å²) in [6, 6.07) is 24.2. The standard InChI is InChI=1S/C36H49N9O4/c37-21-9-1-2-10-22-41-36(49)45-34(38)40-23-11-16-30(32(46)42-24-26-17-19-27(20-18-26)25-43-35(39)48)44-33(47)31(28-12-5-3-6-13-28)29-14-7-4-8-15-29/h3-8,12-15,17-20,30-31H,1-2,9-11,16,21-25,37H2,(H,42,46)(H,44,47)(H3,39,43,48)(H4,38,40,41,45,49)/t30-/m1/s1. The minimum absolute atomic E-state index is 0.0339. The van der Waals surface area contributed by atoms with Crippen LogP contribution in [0.1, 0.15) is 66.7 Å². The summed E-state index contributed by atoms with van der Waals surface area (Å²) in [6.45, 7) is 1.93. The molecule has 0 unspecified atom stereocenters. The number of rotatable bonds is 19. The second-order valence-corrected chi connectivity index (χ2v) is 11.6. The minimum atomic E-state index is -0.867. The molecule has 0 aromatic heterocycles. The van der Waals surface area contributed by atoms with Gasteiger partial charge in [-0.3, -0.25) is 19.9 Å². The van der Waals surface area contributed by atoms with Crippen molar-refractivity contribution in [2.75, 3.05) is 19.6 Å². The van der Waals surface area contributed by atoms with Gasteiger partial charge in [-0.25, -0.2) is 9.59 Å². The van der Waals surface area contributed by atoms with E-state index in [0.29, 0.717) is 26.1 Å². The predicted octanol–water partition coefficient (Wildman–Crippen LogP) is 2.70. The number of unbranched alkanes of at least 4 members (excludes halogenated alkanes) is 3. The second kappa shape index (κ2) is 21.4. The number of aliphatic imine (C=N–C) groups is 1. The quantitative estimate of drug-likeness (QED) is 0.0544. The van der Waals surface area contributed by atoms with E-state index in [4.69, 9.17) is 17.2 Å². The fourth-order valence-electron chi connectivity index (χ4n) is 5.11. The van der Waals surface area contributed by atoms with E-state index in [2.05, 4.69) is 31.6 Å². The van der Waals surface area contributed by atoms with Crippen LogP contribution in [-0.4, -0.2) is 55.5 Å². The molecule has 13 heteroatoms. The van der Waals surface area contributed by atoms with Crippen LogP contribution in [0.5, 0.6) is 0 Å². The van der Waals surface area contributed by atoms with Gasteiger partial charge in [-0.2, -0.15) is 0 Å². The zero-order chi connectivity index (χ0) is 35.3. The van der Waals surface area contributed by atoms with Crippen molar-refractivity contribution in [2.24, 2.45) is 22.2 Å². The summed E-state index contributed by atoms with van der Waals surface area (Å²) in [5.74, 6) is -1.33. The van der Waals surface area contributed by atoms with Gasteiger partial charge in [0.25, 0.3) is 0 Å². The Hall–Kier alpha value is -5.43. The normalized spacial score (nSPS) is 11.8. The van der Waals surface area contributed by atoms with E-state index < -0.39 is 24.0 Å². The van der Waals surface area contributed by atoms with Crippen LogP contribution < -0.4 is 43.8 Å². The first-order valence-corrected chi connectivity index (χ1v) is 16.6. The number of carbonyl (C=O) groups excluding carboxylic acids is 4. The van der Waals surface area contributed by atoms with E-state index in [-0.39, 0.29) is 37.3 Å². The Bertz CT molecular complexity index is 1450. The molecule has 262 valence electrons. The van der Waals surface area contributed by atoms with E-state index >= 15 is 0 Å². The van der Waals surface area contributed by atoms with E-state index in [1.807, 2.05) is 84.9 Å². The summed E-state index contributed by atoms with van der Waals surface area (Å²) in [5.41, 5.74) is 19.9. The third-order valence-corrected chi connectivity index (χ3v) is 7.71. The van der Waals surface area contributed by atoms with Crippen LogP contribution in [0.2, 0.25) is 0 Å². The molecule has 3 aromatic carbocycles. The van der Waals surface area contributed by atoms with Gasteiger partial charge >= 0.3 is 12.1 Å². The summed E-state index contributed by atoms with van der Waals surface area (Å²) < 4.78 is 0. The van der Waals surface area contributed by atoms with E-state index in [1.54, 1.807) is 0 Å². The number of nitrogens with one attached hydrogen (secondary N) is 5. The minimum Gasteiger partial charge on any atom is -0.370 e. The summed E-state index contributed by atoms with van der Waals surface area (Å²) in [6.07, 6.45) is 4.49.